The molecular weight excluding hydrogens is 252 g/mol. The molecule has 0 bridgehead atoms. The number of anilines is 1. The van der Waals surface area contributed by atoms with Crippen LogP contribution in [0.15, 0.2) is 24.3 Å². The minimum atomic E-state index is -0.291. The highest BCUT2D eigenvalue weighted by Crippen LogP contribution is 2.19. The van der Waals surface area contributed by atoms with Gasteiger partial charge in [0.25, 0.3) is 0 Å². The van der Waals surface area contributed by atoms with Gasteiger partial charge in [-0.05, 0) is 18.1 Å². The highest BCUT2D eigenvalue weighted by Gasteiger charge is 2.08. The van der Waals surface area contributed by atoms with Crippen LogP contribution in [0.25, 0.3) is 0 Å². The van der Waals surface area contributed by atoms with E-state index in [1.807, 2.05) is 13.8 Å². The first-order valence-corrected chi connectivity index (χ1v) is 6.18. The standard InChI is InChI=1S/C13H17ClN2O2/c1-9(2)7-12(17)15-8-13(18)16-11-6-4-3-5-10(11)14/h3-6,9H,7-8H2,1-2H3,(H,15,17)(H,16,18). The second kappa shape index (κ2) is 7.01. The quantitative estimate of drug-likeness (QED) is 0.862. The summed E-state index contributed by atoms with van der Waals surface area (Å²) in [5.41, 5.74) is 0.544. The summed E-state index contributed by atoms with van der Waals surface area (Å²) in [4.78, 5) is 22.9. The Morgan fingerprint density at radius 1 is 1.22 bits per heavy atom. The molecule has 0 aliphatic carbocycles. The first-order valence-electron chi connectivity index (χ1n) is 5.80. The zero-order valence-electron chi connectivity index (χ0n) is 10.5. The highest BCUT2D eigenvalue weighted by molar-refractivity contribution is 6.33. The molecular formula is C13H17ClN2O2. The van der Waals surface area contributed by atoms with Gasteiger partial charge in [-0.1, -0.05) is 37.6 Å². The van der Waals surface area contributed by atoms with Crippen LogP contribution >= 0.6 is 11.6 Å². The molecule has 0 spiro atoms. The third-order valence-corrected chi connectivity index (χ3v) is 2.52. The van der Waals surface area contributed by atoms with Gasteiger partial charge >= 0.3 is 0 Å². The molecule has 0 heterocycles. The summed E-state index contributed by atoms with van der Waals surface area (Å²) in [6.45, 7) is 3.85. The Hall–Kier alpha value is -1.55. The average molecular weight is 269 g/mol. The predicted octanol–water partition coefficient (Wildman–Crippen LogP) is 2.44. The molecule has 98 valence electrons. The summed E-state index contributed by atoms with van der Waals surface area (Å²) in [5.74, 6) is -0.142. The number of carbonyl (C=O) groups excluding carboxylic acids is 2. The molecule has 4 nitrogen and oxygen atoms in total. The van der Waals surface area contributed by atoms with Gasteiger partial charge in [-0.2, -0.15) is 0 Å². The molecule has 0 aliphatic heterocycles. The van der Waals surface area contributed by atoms with Crippen LogP contribution in [0.3, 0.4) is 0 Å². The zero-order valence-corrected chi connectivity index (χ0v) is 11.3. The maximum absolute atomic E-state index is 11.6. The highest BCUT2D eigenvalue weighted by atomic mass is 35.5. The first-order chi connectivity index (χ1) is 8.49. The van der Waals surface area contributed by atoms with Crippen molar-refractivity contribution in [2.75, 3.05) is 11.9 Å². The third-order valence-electron chi connectivity index (χ3n) is 2.19. The summed E-state index contributed by atoms with van der Waals surface area (Å²) in [6.07, 6.45) is 0.416. The molecule has 2 amide bonds. The van der Waals surface area contributed by atoms with Gasteiger partial charge in [-0.3, -0.25) is 9.59 Å². The molecule has 1 aromatic rings. The zero-order chi connectivity index (χ0) is 13.5. The third kappa shape index (κ3) is 5.19. The smallest absolute Gasteiger partial charge is 0.243 e. The van der Waals surface area contributed by atoms with E-state index in [4.69, 9.17) is 11.6 Å². The van der Waals surface area contributed by atoms with E-state index in [-0.39, 0.29) is 24.3 Å². The Bertz CT molecular complexity index is 433. The molecule has 0 fully saturated rings. The molecule has 18 heavy (non-hydrogen) atoms. The minimum absolute atomic E-state index is 0.0449. The van der Waals surface area contributed by atoms with Crippen molar-refractivity contribution in [3.63, 3.8) is 0 Å². The monoisotopic (exact) mass is 268 g/mol. The molecule has 0 aliphatic rings. The van der Waals surface area contributed by atoms with E-state index in [2.05, 4.69) is 10.6 Å². The second-order valence-corrected chi connectivity index (χ2v) is 4.81. The summed E-state index contributed by atoms with van der Waals surface area (Å²) < 4.78 is 0. The van der Waals surface area contributed by atoms with E-state index < -0.39 is 0 Å². The van der Waals surface area contributed by atoms with Crippen molar-refractivity contribution >= 4 is 29.1 Å². The Balaban J connectivity index is 2.39. The van der Waals surface area contributed by atoms with Crippen LogP contribution in [0.5, 0.6) is 0 Å². The lowest BCUT2D eigenvalue weighted by molar-refractivity contribution is -0.124. The van der Waals surface area contributed by atoms with Gasteiger partial charge in [0.15, 0.2) is 0 Å². The van der Waals surface area contributed by atoms with Crippen LogP contribution in [-0.2, 0) is 9.59 Å². The van der Waals surface area contributed by atoms with Gasteiger partial charge in [0.05, 0.1) is 17.3 Å². The van der Waals surface area contributed by atoms with Gasteiger partial charge in [0, 0.05) is 6.42 Å². The van der Waals surface area contributed by atoms with E-state index in [9.17, 15) is 9.59 Å². The van der Waals surface area contributed by atoms with Crippen molar-refractivity contribution < 1.29 is 9.59 Å². The lowest BCUT2D eigenvalue weighted by Crippen LogP contribution is -2.33. The predicted molar refractivity (Wildman–Crippen MR) is 72.5 cm³/mol. The molecule has 1 aromatic carbocycles. The number of hydrogen-bond donors (Lipinski definition) is 2. The normalized spacial score (nSPS) is 10.2. The van der Waals surface area contributed by atoms with Crippen LogP contribution in [0.1, 0.15) is 20.3 Å². The molecule has 0 aromatic heterocycles. The van der Waals surface area contributed by atoms with Gasteiger partial charge < -0.3 is 10.6 Å². The number of carbonyl (C=O) groups is 2. The van der Waals surface area contributed by atoms with Crippen molar-refractivity contribution in [1.82, 2.24) is 5.32 Å². The summed E-state index contributed by atoms with van der Waals surface area (Å²) in [6, 6.07) is 6.95. The molecule has 5 heteroatoms. The average Bonchev–Trinajstić information content (AvgIpc) is 2.29. The number of amides is 2. The van der Waals surface area contributed by atoms with Gasteiger partial charge in [0.1, 0.15) is 0 Å². The lowest BCUT2D eigenvalue weighted by Gasteiger charge is -2.09. The molecule has 0 saturated carbocycles. The van der Waals surface area contributed by atoms with Crippen molar-refractivity contribution in [3.05, 3.63) is 29.3 Å². The van der Waals surface area contributed by atoms with Crippen molar-refractivity contribution in [2.45, 2.75) is 20.3 Å². The minimum Gasteiger partial charge on any atom is -0.347 e. The van der Waals surface area contributed by atoms with Crippen LogP contribution in [-0.4, -0.2) is 18.4 Å². The number of nitrogens with one attached hydrogen (secondary N) is 2. The first kappa shape index (κ1) is 14.5. The second-order valence-electron chi connectivity index (χ2n) is 4.40. The number of para-hydroxylation sites is 1. The Labute approximate surface area is 112 Å². The van der Waals surface area contributed by atoms with Gasteiger partial charge in [0.2, 0.25) is 11.8 Å². The van der Waals surface area contributed by atoms with Gasteiger partial charge in [-0.15, -0.1) is 0 Å². The van der Waals surface area contributed by atoms with Gasteiger partial charge in [-0.25, -0.2) is 0 Å². The van der Waals surface area contributed by atoms with E-state index >= 15 is 0 Å². The maximum atomic E-state index is 11.6. The van der Waals surface area contributed by atoms with E-state index in [1.165, 1.54) is 0 Å². The maximum Gasteiger partial charge on any atom is 0.243 e. The van der Waals surface area contributed by atoms with E-state index in [1.54, 1.807) is 24.3 Å². The fourth-order valence-electron chi connectivity index (χ4n) is 1.38. The van der Waals surface area contributed by atoms with Crippen molar-refractivity contribution in [1.29, 1.82) is 0 Å². The van der Waals surface area contributed by atoms with Crippen LogP contribution in [0.2, 0.25) is 5.02 Å². The van der Waals surface area contributed by atoms with Crippen LogP contribution in [0, 0.1) is 5.92 Å². The topological polar surface area (TPSA) is 58.2 Å². The summed E-state index contributed by atoms with van der Waals surface area (Å²) in [7, 11) is 0. The Kier molecular flexibility index (Phi) is 5.65. The summed E-state index contributed by atoms with van der Waals surface area (Å²) >= 11 is 5.90. The molecule has 0 radical (unpaired) electrons. The van der Waals surface area contributed by atoms with E-state index in [0.717, 1.165) is 0 Å². The van der Waals surface area contributed by atoms with Crippen LogP contribution in [0.4, 0.5) is 5.69 Å². The number of rotatable bonds is 5. The molecule has 2 N–H and O–H groups in total. The molecule has 0 saturated heterocycles. The Morgan fingerprint density at radius 2 is 1.89 bits per heavy atom. The fraction of sp³-hybridized carbons (Fsp3) is 0.385. The fourth-order valence-corrected chi connectivity index (χ4v) is 1.56. The SMILES string of the molecule is CC(C)CC(=O)NCC(=O)Nc1ccccc1Cl. The number of benzene rings is 1. The van der Waals surface area contributed by atoms with Crippen molar-refractivity contribution in [3.8, 4) is 0 Å². The number of hydrogen-bond acceptors (Lipinski definition) is 2. The molecule has 0 unspecified atom stereocenters. The number of halogens is 1. The van der Waals surface area contributed by atoms with Crippen molar-refractivity contribution in [2.24, 2.45) is 5.92 Å². The largest absolute Gasteiger partial charge is 0.347 e. The lowest BCUT2D eigenvalue weighted by atomic mass is 10.1. The Morgan fingerprint density at radius 3 is 2.50 bits per heavy atom. The summed E-state index contributed by atoms with van der Waals surface area (Å²) in [5, 5.41) is 5.66. The molecule has 0 atom stereocenters. The van der Waals surface area contributed by atoms with E-state index in [0.29, 0.717) is 17.1 Å². The molecule has 1 rings (SSSR count). The van der Waals surface area contributed by atoms with Crippen LogP contribution < -0.4 is 10.6 Å².